The number of nitrogens with zero attached hydrogens (tertiary/aromatic N) is 2. The summed E-state index contributed by atoms with van der Waals surface area (Å²) in [5.41, 5.74) is 1.42. The highest BCUT2D eigenvalue weighted by Gasteiger charge is 2.26. The number of rotatable bonds is 4. The molecule has 2 aromatic rings. The number of amides is 1. The number of piperazine rings is 1. The number of phenols is 1. The van der Waals surface area contributed by atoms with Crippen molar-refractivity contribution in [1.29, 1.82) is 0 Å². The van der Waals surface area contributed by atoms with Gasteiger partial charge < -0.3 is 15.3 Å². The molecule has 1 unspecified atom stereocenters. The Morgan fingerprint density at radius 2 is 1.69 bits per heavy atom. The van der Waals surface area contributed by atoms with Gasteiger partial charge in [0.25, 0.3) is 0 Å². The van der Waals surface area contributed by atoms with Crippen LogP contribution in [0.5, 0.6) is 5.75 Å². The molecule has 138 valence electrons. The number of anilines is 2. The van der Waals surface area contributed by atoms with Gasteiger partial charge in [-0.2, -0.15) is 0 Å². The fourth-order valence-electron chi connectivity index (χ4n) is 3.12. The van der Waals surface area contributed by atoms with E-state index >= 15 is 0 Å². The van der Waals surface area contributed by atoms with Gasteiger partial charge in [0.2, 0.25) is 5.91 Å². The van der Waals surface area contributed by atoms with Gasteiger partial charge in [-0.15, -0.1) is 0 Å². The molecule has 0 bridgehead atoms. The molecule has 1 amide bonds. The number of halogens is 2. The van der Waals surface area contributed by atoms with Crippen LogP contribution in [-0.2, 0) is 4.79 Å². The smallest absolute Gasteiger partial charge is 0.241 e. The minimum atomic E-state index is -0.278. The fraction of sp³-hybridized carbons (Fsp3) is 0.316. The van der Waals surface area contributed by atoms with E-state index in [9.17, 15) is 9.90 Å². The number of hydrogen-bond acceptors (Lipinski definition) is 4. The van der Waals surface area contributed by atoms with Crippen molar-refractivity contribution in [3.8, 4) is 5.75 Å². The van der Waals surface area contributed by atoms with Crippen molar-refractivity contribution in [2.75, 3.05) is 36.4 Å². The van der Waals surface area contributed by atoms with Crippen molar-refractivity contribution in [3.63, 3.8) is 0 Å². The standard InChI is InChI=1S/C19H21Cl2N3O2/c1-13(19(26)22-16-11-14(20)10-15(21)12-16)23-6-8-24(9-7-23)17-4-2-3-5-18(17)25/h2-5,10-13,25H,6-9H2,1H3,(H,22,26). The largest absolute Gasteiger partial charge is 0.506 e. The lowest BCUT2D eigenvalue weighted by molar-refractivity contribution is -0.120. The Morgan fingerprint density at radius 3 is 2.31 bits per heavy atom. The van der Waals surface area contributed by atoms with E-state index in [1.165, 1.54) is 0 Å². The molecule has 3 rings (SSSR count). The van der Waals surface area contributed by atoms with E-state index in [0.717, 1.165) is 31.9 Å². The molecule has 0 spiro atoms. The summed E-state index contributed by atoms with van der Waals surface area (Å²) in [4.78, 5) is 16.8. The summed E-state index contributed by atoms with van der Waals surface area (Å²) in [6, 6.07) is 12.0. The molecule has 2 N–H and O–H groups in total. The van der Waals surface area contributed by atoms with Gasteiger partial charge in [-0.05, 0) is 37.3 Å². The fourth-order valence-corrected chi connectivity index (χ4v) is 3.65. The van der Waals surface area contributed by atoms with Crippen molar-refractivity contribution in [2.45, 2.75) is 13.0 Å². The van der Waals surface area contributed by atoms with E-state index in [4.69, 9.17) is 23.2 Å². The summed E-state index contributed by atoms with van der Waals surface area (Å²) >= 11 is 12.0. The van der Waals surface area contributed by atoms with Crippen LogP contribution in [0.4, 0.5) is 11.4 Å². The lowest BCUT2D eigenvalue weighted by Gasteiger charge is -2.38. The Morgan fingerprint density at radius 1 is 1.08 bits per heavy atom. The first-order valence-electron chi connectivity index (χ1n) is 8.48. The van der Waals surface area contributed by atoms with E-state index in [1.807, 2.05) is 25.1 Å². The van der Waals surface area contributed by atoms with Crippen molar-refractivity contribution < 1.29 is 9.90 Å². The quantitative estimate of drug-likeness (QED) is 0.827. The Hall–Kier alpha value is -1.95. The summed E-state index contributed by atoms with van der Waals surface area (Å²) in [5.74, 6) is 0.184. The van der Waals surface area contributed by atoms with E-state index in [1.54, 1.807) is 24.3 Å². The molecule has 1 fully saturated rings. The van der Waals surface area contributed by atoms with Gasteiger partial charge in [-0.1, -0.05) is 35.3 Å². The van der Waals surface area contributed by atoms with E-state index in [0.29, 0.717) is 15.7 Å². The zero-order chi connectivity index (χ0) is 18.7. The number of hydrogen-bond donors (Lipinski definition) is 2. The van der Waals surface area contributed by atoms with Gasteiger partial charge >= 0.3 is 0 Å². The summed E-state index contributed by atoms with van der Waals surface area (Å²) in [6.07, 6.45) is 0. The molecular weight excluding hydrogens is 373 g/mol. The van der Waals surface area contributed by atoms with Crippen molar-refractivity contribution in [3.05, 3.63) is 52.5 Å². The second-order valence-corrected chi connectivity index (χ2v) is 7.21. The number of nitrogens with one attached hydrogen (secondary N) is 1. The van der Waals surface area contributed by atoms with Crippen LogP contribution < -0.4 is 10.2 Å². The zero-order valence-electron chi connectivity index (χ0n) is 14.5. The highest BCUT2D eigenvalue weighted by atomic mass is 35.5. The van der Waals surface area contributed by atoms with Crippen molar-refractivity contribution in [1.82, 2.24) is 4.90 Å². The van der Waals surface area contributed by atoms with E-state index in [-0.39, 0.29) is 17.7 Å². The van der Waals surface area contributed by atoms with Crippen molar-refractivity contribution in [2.24, 2.45) is 0 Å². The Labute approximate surface area is 163 Å². The highest BCUT2D eigenvalue weighted by Crippen LogP contribution is 2.27. The second-order valence-electron chi connectivity index (χ2n) is 6.34. The SMILES string of the molecule is CC(C(=O)Nc1cc(Cl)cc(Cl)c1)N1CCN(c2ccccc2O)CC1. The molecule has 0 aliphatic carbocycles. The predicted molar refractivity (Wildman–Crippen MR) is 106 cm³/mol. The molecule has 2 aromatic carbocycles. The molecule has 0 aromatic heterocycles. The zero-order valence-corrected chi connectivity index (χ0v) is 16.0. The predicted octanol–water partition coefficient (Wildman–Crippen LogP) is 3.85. The number of benzene rings is 2. The third-order valence-corrected chi connectivity index (χ3v) is 5.03. The van der Waals surface area contributed by atoms with Gasteiger partial charge in [0, 0.05) is 41.9 Å². The van der Waals surface area contributed by atoms with Gasteiger partial charge in [0.1, 0.15) is 5.75 Å². The van der Waals surface area contributed by atoms with Gasteiger partial charge in [-0.3, -0.25) is 9.69 Å². The molecule has 5 nitrogen and oxygen atoms in total. The van der Waals surface area contributed by atoms with E-state index in [2.05, 4.69) is 15.1 Å². The van der Waals surface area contributed by atoms with Crippen LogP contribution >= 0.6 is 23.2 Å². The number of para-hydroxylation sites is 2. The van der Waals surface area contributed by atoms with Gasteiger partial charge in [0.05, 0.1) is 11.7 Å². The number of phenolic OH excluding ortho intramolecular Hbond substituents is 1. The Bertz CT molecular complexity index is 772. The summed E-state index contributed by atoms with van der Waals surface area (Å²) in [7, 11) is 0. The molecule has 0 saturated carbocycles. The maximum Gasteiger partial charge on any atom is 0.241 e. The van der Waals surface area contributed by atoms with Crippen LogP contribution in [-0.4, -0.2) is 48.1 Å². The first kappa shape index (κ1) is 18.8. The van der Waals surface area contributed by atoms with Crippen molar-refractivity contribution >= 4 is 40.5 Å². The minimum Gasteiger partial charge on any atom is -0.506 e. The van der Waals surface area contributed by atoms with Crippen LogP contribution in [0, 0.1) is 0 Å². The summed E-state index contributed by atoms with van der Waals surface area (Å²) in [5, 5.41) is 13.8. The molecule has 1 saturated heterocycles. The normalized spacial score (nSPS) is 16.3. The first-order chi connectivity index (χ1) is 12.4. The molecule has 1 atom stereocenters. The maximum atomic E-state index is 12.5. The lowest BCUT2D eigenvalue weighted by Crippen LogP contribution is -2.52. The number of carbonyl (C=O) groups is 1. The lowest BCUT2D eigenvalue weighted by atomic mass is 10.2. The summed E-state index contributed by atoms with van der Waals surface area (Å²) in [6.45, 7) is 4.85. The Balaban J connectivity index is 1.58. The maximum absolute atomic E-state index is 12.5. The number of aromatic hydroxyl groups is 1. The molecular formula is C19H21Cl2N3O2. The molecule has 1 aliphatic rings. The van der Waals surface area contributed by atoms with Crippen LogP contribution in [0.15, 0.2) is 42.5 Å². The summed E-state index contributed by atoms with van der Waals surface area (Å²) < 4.78 is 0. The second kappa shape index (κ2) is 8.16. The molecule has 1 aliphatic heterocycles. The molecule has 1 heterocycles. The van der Waals surface area contributed by atoms with Crippen LogP contribution in [0.1, 0.15) is 6.92 Å². The van der Waals surface area contributed by atoms with Crippen LogP contribution in [0.25, 0.3) is 0 Å². The van der Waals surface area contributed by atoms with Gasteiger partial charge in [-0.25, -0.2) is 0 Å². The van der Waals surface area contributed by atoms with E-state index < -0.39 is 0 Å². The molecule has 0 radical (unpaired) electrons. The monoisotopic (exact) mass is 393 g/mol. The number of carbonyl (C=O) groups excluding carboxylic acids is 1. The molecule has 26 heavy (non-hydrogen) atoms. The van der Waals surface area contributed by atoms with Crippen LogP contribution in [0.2, 0.25) is 10.0 Å². The minimum absolute atomic E-state index is 0.0978. The third-order valence-electron chi connectivity index (χ3n) is 4.59. The van der Waals surface area contributed by atoms with Crippen LogP contribution in [0.3, 0.4) is 0 Å². The average Bonchev–Trinajstić information content (AvgIpc) is 2.61. The van der Waals surface area contributed by atoms with Gasteiger partial charge in [0.15, 0.2) is 0 Å². The Kier molecular flexibility index (Phi) is 5.91. The third kappa shape index (κ3) is 4.41. The average molecular weight is 394 g/mol. The highest BCUT2D eigenvalue weighted by molar-refractivity contribution is 6.35. The topological polar surface area (TPSA) is 55.8 Å². The molecule has 7 heteroatoms. The first-order valence-corrected chi connectivity index (χ1v) is 9.23.